The van der Waals surface area contributed by atoms with Crippen LogP contribution in [0.5, 0.6) is 0 Å². The topological polar surface area (TPSA) is 42.0 Å². The average molecular weight is 241 g/mol. The Morgan fingerprint density at radius 2 is 2.54 bits per heavy atom. The molecule has 1 aliphatic heterocycles. The maximum absolute atomic E-state index is 10.5. The molecule has 0 spiro atoms. The van der Waals surface area contributed by atoms with E-state index in [4.69, 9.17) is 0 Å². The molecular weight excluding hydrogens is 232 g/mol. The molecule has 1 atom stereocenters. The van der Waals surface area contributed by atoms with Gasteiger partial charge in [-0.25, -0.2) is 4.98 Å². The summed E-state index contributed by atoms with van der Waals surface area (Å²) in [5.74, 6) is 0.839. The van der Waals surface area contributed by atoms with Gasteiger partial charge in [-0.1, -0.05) is 0 Å². The Labute approximate surface area is 84.7 Å². The second-order valence-corrected chi connectivity index (χ2v) is 4.00. The fraction of sp³-hybridized carbons (Fsp3) is 0.333. The molecule has 0 bridgehead atoms. The quantitative estimate of drug-likeness (QED) is 0.762. The number of nitrogens with zero attached hydrogens (tertiary/aromatic N) is 1. The van der Waals surface area contributed by atoms with Gasteiger partial charge in [0.1, 0.15) is 12.1 Å². The Morgan fingerprint density at radius 1 is 1.69 bits per heavy atom. The number of pyridine rings is 1. The van der Waals surface area contributed by atoms with Gasteiger partial charge in [-0.15, -0.1) is 0 Å². The first-order chi connectivity index (χ1) is 6.29. The summed E-state index contributed by atoms with van der Waals surface area (Å²) in [6.45, 7) is 0. The van der Waals surface area contributed by atoms with Gasteiger partial charge in [0.05, 0.1) is 6.04 Å². The summed E-state index contributed by atoms with van der Waals surface area (Å²) in [5.41, 5.74) is 1.17. The van der Waals surface area contributed by atoms with Crippen molar-refractivity contribution in [2.75, 3.05) is 5.32 Å². The molecule has 68 valence electrons. The van der Waals surface area contributed by atoms with Gasteiger partial charge < -0.3 is 10.1 Å². The van der Waals surface area contributed by atoms with Crippen LogP contribution in [0, 0.1) is 0 Å². The van der Waals surface area contributed by atoms with Crippen LogP contribution in [0.4, 0.5) is 5.82 Å². The molecule has 0 radical (unpaired) electrons. The molecule has 0 fully saturated rings. The predicted molar refractivity (Wildman–Crippen MR) is 53.7 cm³/mol. The molecule has 1 N–H and O–H groups in total. The fourth-order valence-corrected chi connectivity index (χ4v) is 1.84. The molecule has 4 heteroatoms. The van der Waals surface area contributed by atoms with E-state index in [9.17, 15) is 4.79 Å². The van der Waals surface area contributed by atoms with Crippen LogP contribution in [0.2, 0.25) is 0 Å². The first-order valence-corrected chi connectivity index (χ1v) is 4.95. The van der Waals surface area contributed by atoms with Crippen molar-refractivity contribution in [2.45, 2.75) is 18.9 Å². The number of aromatic nitrogens is 1. The molecule has 2 heterocycles. The highest BCUT2D eigenvalue weighted by Crippen LogP contribution is 2.24. The van der Waals surface area contributed by atoms with E-state index < -0.39 is 0 Å². The number of fused-ring (bicyclic) bond motifs is 1. The first kappa shape index (κ1) is 8.69. The largest absolute Gasteiger partial charge is 0.360 e. The third-order valence-electron chi connectivity index (χ3n) is 2.14. The summed E-state index contributed by atoms with van der Waals surface area (Å²) >= 11 is 3.36. The van der Waals surface area contributed by atoms with Crippen LogP contribution in [-0.4, -0.2) is 17.3 Å². The highest BCUT2D eigenvalue weighted by Gasteiger charge is 2.17. The van der Waals surface area contributed by atoms with Crippen LogP contribution in [0.25, 0.3) is 0 Å². The van der Waals surface area contributed by atoms with E-state index in [0.717, 1.165) is 29.4 Å². The minimum absolute atomic E-state index is 0.0684. The number of aldehydes is 1. The van der Waals surface area contributed by atoms with Gasteiger partial charge in [0, 0.05) is 10.7 Å². The van der Waals surface area contributed by atoms with Crippen LogP contribution in [0.1, 0.15) is 12.0 Å². The minimum Gasteiger partial charge on any atom is -0.360 e. The molecule has 0 aromatic carbocycles. The summed E-state index contributed by atoms with van der Waals surface area (Å²) in [4.78, 5) is 14.7. The number of nitrogens with one attached hydrogen (secondary N) is 1. The fourth-order valence-electron chi connectivity index (χ4n) is 1.46. The highest BCUT2D eigenvalue weighted by molar-refractivity contribution is 9.10. The second kappa shape index (κ2) is 3.46. The Kier molecular flexibility index (Phi) is 2.31. The summed E-state index contributed by atoms with van der Waals surface area (Å²) < 4.78 is 0.984. The summed E-state index contributed by atoms with van der Waals surface area (Å²) in [7, 11) is 0. The zero-order valence-electron chi connectivity index (χ0n) is 6.96. The van der Waals surface area contributed by atoms with E-state index in [1.165, 1.54) is 5.56 Å². The number of hydrogen-bond donors (Lipinski definition) is 1. The van der Waals surface area contributed by atoms with Crippen molar-refractivity contribution in [3.63, 3.8) is 0 Å². The van der Waals surface area contributed by atoms with Gasteiger partial charge >= 0.3 is 0 Å². The van der Waals surface area contributed by atoms with E-state index in [1.807, 2.05) is 6.07 Å². The molecule has 2 rings (SSSR count). The third-order valence-corrected chi connectivity index (χ3v) is 2.58. The normalized spacial score (nSPS) is 20.2. The van der Waals surface area contributed by atoms with E-state index in [1.54, 1.807) is 6.20 Å². The smallest absolute Gasteiger partial charge is 0.142 e. The number of rotatable bonds is 1. The van der Waals surface area contributed by atoms with Crippen molar-refractivity contribution >= 4 is 28.0 Å². The molecule has 1 aliphatic rings. The molecule has 0 aliphatic carbocycles. The lowest BCUT2D eigenvalue weighted by atomic mass is 10.0. The van der Waals surface area contributed by atoms with E-state index in [2.05, 4.69) is 26.2 Å². The van der Waals surface area contributed by atoms with Gasteiger partial charge in [-0.3, -0.25) is 0 Å². The standard InChI is InChI=1S/C9H9BrN2O/c10-7-3-6-1-2-8(5-13)12-9(6)11-4-7/h3-5,8H,1-2H2,(H,11,12). The van der Waals surface area contributed by atoms with Gasteiger partial charge in [-0.2, -0.15) is 0 Å². The highest BCUT2D eigenvalue weighted by atomic mass is 79.9. The zero-order valence-corrected chi connectivity index (χ0v) is 8.54. The van der Waals surface area contributed by atoms with E-state index in [0.29, 0.717) is 0 Å². The van der Waals surface area contributed by atoms with Gasteiger partial charge in [0.2, 0.25) is 0 Å². The molecule has 1 unspecified atom stereocenters. The molecule has 0 saturated carbocycles. The van der Waals surface area contributed by atoms with Crippen molar-refractivity contribution < 1.29 is 4.79 Å². The molecule has 0 saturated heterocycles. The summed E-state index contributed by atoms with van der Waals surface area (Å²) in [5, 5.41) is 3.07. The number of aryl methyl sites for hydroxylation is 1. The average Bonchev–Trinajstić information content (AvgIpc) is 2.17. The second-order valence-electron chi connectivity index (χ2n) is 3.09. The molecule has 3 nitrogen and oxygen atoms in total. The van der Waals surface area contributed by atoms with Crippen LogP contribution in [0.15, 0.2) is 16.7 Å². The lowest BCUT2D eigenvalue weighted by Gasteiger charge is -2.21. The van der Waals surface area contributed by atoms with Crippen molar-refractivity contribution in [1.82, 2.24) is 4.98 Å². The molecule has 13 heavy (non-hydrogen) atoms. The zero-order chi connectivity index (χ0) is 9.26. The Hall–Kier alpha value is -0.900. The van der Waals surface area contributed by atoms with E-state index >= 15 is 0 Å². The maximum atomic E-state index is 10.5. The number of halogens is 1. The maximum Gasteiger partial charge on any atom is 0.142 e. The number of anilines is 1. The van der Waals surface area contributed by atoms with E-state index in [-0.39, 0.29) is 6.04 Å². The molecule has 0 amide bonds. The predicted octanol–water partition coefficient (Wildman–Crippen LogP) is 1.77. The van der Waals surface area contributed by atoms with Crippen LogP contribution < -0.4 is 5.32 Å². The van der Waals surface area contributed by atoms with Crippen molar-refractivity contribution in [1.29, 1.82) is 0 Å². The molecular formula is C9H9BrN2O. The van der Waals surface area contributed by atoms with Gasteiger partial charge in [0.25, 0.3) is 0 Å². The van der Waals surface area contributed by atoms with Gasteiger partial charge in [-0.05, 0) is 40.4 Å². The molecule has 1 aromatic heterocycles. The van der Waals surface area contributed by atoms with Crippen molar-refractivity contribution in [3.8, 4) is 0 Å². The van der Waals surface area contributed by atoms with Crippen LogP contribution in [0.3, 0.4) is 0 Å². The lowest BCUT2D eigenvalue weighted by Crippen LogP contribution is -2.27. The SMILES string of the molecule is O=CC1CCc2cc(Br)cnc2N1. The summed E-state index contributed by atoms with van der Waals surface area (Å²) in [6.07, 6.45) is 4.44. The number of carbonyl (C=O) groups is 1. The Morgan fingerprint density at radius 3 is 3.31 bits per heavy atom. The van der Waals surface area contributed by atoms with Crippen molar-refractivity contribution in [3.05, 3.63) is 22.3 Å². The minimum atomic E-state index is -0.0684. The first-order valence-electron chi connectivity index (χ1n) is 4.16. The Bertz CT molecular complexity index is 340. The van der Waals surface area contributed by atoms with Crippen LogP contribution in [-0.2, 0) is 11.2 Å². The lowest BCUT2D eigenvalue weighted by molar-refractivity contribution is -0.108. The monoisotopic (exact) mass is 240 g/mol. The summed E-state index contributed by atoms with van der Waals surface area (Å²) in [6, 6.07) is 1.97. The number of hydrogen-bond acceptors (Lipinski definition) is 3. The Balaban J connectivity index is 2.31. The van der Waals surface area contributed by atoms with Crippen LogP contribution >= 0.6 is 15.9 Å². The third kappa shape index (κ3) is 1.72. The van der Waals surface area contributed by atoms with Gasteiger partial charge in [0.15, 0.2) is 0 Å². The number of carbonyl (C=O) groups excluding carboxylic acids is 1. The molecule has 1 aromatic rings. The van der Waals surface area contributed by atoms with Crippen molar-refractivity contribution in [2.24, 2.45) is 0 Å².